The Bertz CT molecular complexity index is 910. The van der Waals surface area contributed by atoms with Crippen molar-refractivity contribution >= 4 is 11.7 Å². The monoisotopic (exact) mass is 417 g/mol. The van der Waals surface area contributed by atoms with Crippen molar-refractivity contribution in [3.05, 3.63) is 36.3 Å². The normalized spacial score (nSPS) is 20.2. The number of amides is 1. The molecule has 12 heteroatoms. The lowest BCUT2D eigenvalue weighted by atomic mass is 10.00. The van der Waals surface area contributed by atoms with Gasteiger partial charge in [0.1, 0.15) is 29.9 Å². The van der Waals surface area contributed by atoms with Gasteiger partial charge in [0.25, 0.3) is 0 Å². The van der Waals surface area contributed by atoms with Gasteiger partial charge in [0, 0.05) is 12.7 Å². The summed E-state index contributed by atoms with van der Waals surface area (Å²) in [5.41, 5.74) is -0.714. The van der Waals surface area contributed by atoms with Gasteiger partial charge in [0.15, 0.2) is 17.5 Å². The number of nitrogens with one attached hydrogen (secondary N) is 1. The SMILES string of the molecule is C[C@@H](Nc1ncnc(-c2ncccc2F)c1F)C(=O)N1C[C@H](OC(F)(F)F)[C@@H]1C. The predicted octanol–water partition coefficient (Wildman–Crippen LogP) is 2.75. The van der Waals surface area contributed by atoms with E-state index in [4.69, 9.17) is 0 Å². The van der Waals surface area contributed by atoms with Crippen LogP contribution in [0.3, 0.4) is 0 Å². The molecule has 0 bridgehead atoms. The van der Waals surface area contributed by atoms with Crippen LogP contribution in [0.25, 0.3) is 11.4 Å². The number of nitrogens with zero attached hydrogens (tertiary/aromatic N) is 4. The third-order valence-electron chi connectivity index (χ3n) is 4.47. The number of likely N-dealkylation sites (tertiary alicyclic amines) is 1. The van der Waals surface area contributed by atoms with Gasteiger partial charge in [-0.2, -0.15) is 0 Å². The number of ether oxygens (including phenoxy) is 1. The summed E-state index contributed by atoms with van der Waals surface area (Å²) in [6.45, 7) is 2.56. The van der Waals surface area contributed by atoms with E-state index in [0.29, 0.717) is 0 Å². The highest BCUT2D eigenvalue weighted by Gasteiger charge is 2.46. The molecule has 3 rings (SSSR count). The van der Waals surface area contributed by atoms with Crippen LogP contribution >= 0.6 is 0 Å². The minimum atomic E-state index is -4.79. The first kappa shape index (κ1) is 20.8. The second-order valence-electron chi connectivity index (χ2n) is 6.42. The predicted molar refractivity (Wildman–Crippen MR) is 90.4 cm³/mol. The Morgan fingerprint density at radius 2 is 2.00 bits per heavy atom. The van der Waals surface area contributed by atoms with Crippen molar-refractivity contribution in [3.63, 3.8) is 0 Å². The molecular formula is C17H16F5N5O2. The quantitative estimate of drug-likeness (QED) is 0.754. The Morgan fingerprint density at radius 1 is 1.28 bits per heavy atom. The van der Waals surface area contributed by atoms with Crippen LogP contribution in [0.5, 0.6) is 0 Å². The molecular weight excluding hydrogens is 401 g/mol. The van der Waals surface area contributed by atoms with Gasteiger partial charge < -0.3 is 10.2 Å². The molecule has 7 nitrogen and oxygen atoms in total. The minimum absolute atomic E-state index is 0.248. The molecule has 2 aromatic rings. The first-order valence-corrected chi connectivity index (χ1v) is 8.51. The highest BCUT2D eigenvalue weighted by atomic mass is 19.4. The molecule has 3 atom stereocenters. The summed E-state index contributed by atoms with van der Waals surface area (Å²) in [6, 6.07) is 0.604. The second kappa shape index (κ2) is 7.85. The Balaban J connectivity index is 1.70. The van der Waals surface area contributed by atoms with E-state index in [1.54, 1.807) is 0 Å². The van der Waals surface area contributed by atoms with Gasteiger partial charge in [-0.05, 0) is 26.0 Å². The van der Waals surface area contributed by atoms with Crippen LogP contribution in [0.2, 0.25) is 0 Å². The zero-order chi connectivity index (χ0) is 21.3. The molecule has 0 aromatic carbocycles. The van der Waals surface area contributed by atoms with Crippen LogP contribution in [0.15, 0.2) is 24.7 Å². The Kier molecular flexibility index (Phi) is 5.64. The highest BCUT2D eigenvalue weighted by molar-refractivity contribution is 5.85. The van der Waals surface area contributed by atoms with E-state index in [2.05, 4.69) is 25.0 Å². The lowest BCUT2D eigenvalue weighted by molar-refractivity contribution is -0.359. The summed E-state index contributed by atoms with van der Waals surface area (Å²) >= 11 is 0. The smallest absolute Gasteiger partial charge is 0.356 e. The molecule has 1 aliphatic rings. The van der Waals surface area contributed by atoms with Crippen molar-refractivity contribution in [3.8, 4) is 11.4 Å². The molecule has 1 aliphatic heterocycles. The van der Waals surface area contributed by atoms with E-state index >= 15 is 0 Å². The molecule has 1 N–H and O–H groups in total. The average molecular weight is 417 g/mol. The van der Waals surface area contributed by atoms with Crippen LogP contribution in [-0.2, 0) is 9.53 Å². The molecule has 0 saturated carbocycles. The molecule has 1 saturated heterocycles. The van der Waals surface area contributed by atoms with Crippen molar-refractivity contribution in [2.24, 2.45) is 0 Å². The van der Waals surface area contributed by atoms with Gasteiger partial charge in [-0.1, -0.05) is 0 Å². The van der Waals surface area contributed by atoms with Crippen LogP contribution in [0.1, 0.15) is 13.8 Å². The van der Waals surface area contributed by atoms with E-state index in [1.807, 2.05) is 0 Å². The van der Waals surface area contributed by atoms with Crippen molar-refractivity contribution in [2.45, 2.75) is 38.4 Å². The lowest BCUT2D eigenvalue weighted by Crippen LogP contribution is -2.65. The number of halogens is 5. The topological polar surface area (TPSA) is 80.2 Å². The molecule has 0 unspecified atom stereocenters. The van der Waals surface area contributed by atoms with Gasteiger partial charge in [-0.15, -0.1) is 13.2 Å². The van der Waals surface area contributed by atoms with Crippen molar-refractivity contribution < 1.29 is 31.5 Å². The van der Waals surface area contributed by atoms with Crippen LogP contribution in [-0.4, -0.2) is 56.9 Å². The summed E-state index contributed by atoms with van der Waals surface area (Å²) < 4.78 is 69.4. The molecule has 0 aliphatic carbocycles. The minimum Gasteiger partial charge on any atom is -0.356 e. The van der Waals surface area contributed by atoms with E-state index in [9.17, 15) is 26.7 Å². The molecule has 29 heavy (non-hydrogen) atoms. The molecule has 0 spiro atoms. The zero-order valence-corrected chi connectivity index (χ0v) is 15.2. The maximum Gasteiger partial charge on any atom is 0.522 e. The molecule has 2 aromatic heterocycles. The number of pyridine rings is 1. The summed E-state index contributed by atoms with van der Waals surface area (Å²) in [4.78, 5) is 24.8. The summed E-state index contributed by atoms with van der Waals surface area (Å²) in [5.74, 6) is -2.73. The highest BCUT2D eigenvalue weighted by Crippen LogP contribution is 2.30. The van der Waals surface area contributed by atoms with Crippen molar-refractivity contribution in [1.82, 2.24) is 19.9 Å². The summed E-state index contributed by atoms with van der Waals surface area (Å²) in [7, 11) is 0. The zero-order valence-electron chi connectivity index (χ0n) is 15.2. The lowest BCUT2D eigenvalue weighted by Gasteiger charge is -2.46. The third kappa shape index (κ3) is 4.42. The first-order chi connectivity index (χ1) is 13.6. The van der Waals surface area contributed by atoms with E-state index in [-0.39, 0.29) is 18.1 Å². The Morgan fingerprint density at radius 3 is 2.62 bits per heavy atom. The largest absolute Gasteiger partial charge is 0.522 e. The standard InChI is InChI=1S/C17H16F5N5O2/c1-8(16(28)27-6-11(9(27)2)29-17(20,21)22)26-15-12(19)14(24-7-25-15)13-10(18)4-3-5-23-13/h3-5,7-9,11H,6H2,1-2H3,(H,24,25,26)/t8-,9+,11+/m1/s1. The maximum atomic E-state index is 14.7. The number of aromatic nitrogens is 3. The number of alkyl halides is 3. The molecule has 1 fully saturated rings. The summed E-state index contributed by atoms with van der Waals surface area (Å²) in [5, 5.41) is 2.54. The molecule has 3 heterocycles. The number of rotatable bonds is 5. The summed E-state index contributed by atoms with van der Waals surface area (Å²) in [6.07, 6.45) is -3.71. The fraction of sp³-hybridized carbons (Fsp3) is 0.412. The van der Waals surface area contributed by atoms with Gasteiger partial charge >= 0.3 is 6.36 Å². The molecule has 156 valence electrons. The van der Waals surface area contributed by atoms with Gasteiger partial charge in [-0.3, -0.25) is 14.5 Å². The van der Waals surface area contributed by atoms with Crippen LogP contribution < -0.4 is 5.32 Å². The van der Waals surface area contributed by atoms with Gasteiger partial charge in [-0.25, -0.2) is 18.7 Å². The van der Waals surface area contributed by atoms with Crippen LogP contribution in [0.4, 0.5) is 27.8 Å². The van der Waals surface area contributed by atoms with Gasteiger partial charge in [0.2, 0.25) is 5.91 Å². The van der Waals surface area contributed by atoms with E-state index < -0.39 is 47.8 Å². The second-order valence-corrected chi connectivity index (χ2v) is 6.42. The third-order valence-corrected chi connectivity index (χ3v) is 4.47. The molecule has 1 amide bonds. The van der Waals surface area contributed by atoms with Crippen molar-refractivity contribution in [2.75, 3.05) is 11.9 Å². The number of anilines is 1. The Hall–Kier alpha value is -2.89. The van der Waals surface area contributed by atoms with Gasteiger partial charge in [0.05, 0.1) is 6.04 Å². The Labute approximate surface area is 161 Å². The van der Waals surface area contributed by atoms with E-state index in [1.165, 1.54) is 31.0 Å². The number of carbonyl (C=O) groups excluding carboxylic acids is 1. The number of hydrogen-bond donors (Lipinski definition) is 1. The van der Waals surface area contributed by atoms with Crippen LogP contribution in [0, 0.1) is 11.6 Å². The fourth-order valence-corrected chi connectivity index (χ4v) is 2.88. The number of hydrogen-bond acceptors (Lipinski definition) is 6. The van der Waals surface area contributed by atoms with E-state index in [0.717, 1.165) is 12.4 Å². The maximum absolute atomic E-state index is 14.7. The molecule has 0 radical (unpaired) electrons. The average Bonchev–Trinajstić information content (AvgIpc) is 2.65. The number of carbonyl (C=O) groups is 1. The van der Waals surface area contributed by atoms with Crippen molar-refractivity contribution in [1.29, 1.82) is 0 Å². The first-order valence-electron chi connectivity index (χ1n) is 8.51. The fourth-order valence-electron chi connectivity index (χ4n) is 2.88.